The van der Waals surface area contributed by atoms with Gasteiger partial charge in [0.05, 0.1) is 11.9 Å². The second kappa shape index (κ2) is 5.55. The summed E-state index contributed by atoms with van der Waals surface area (Å²) in [6.45, 7) is 6.12. The van der Waals surface area contributed by atoms with Crippen molar-refractivity contribution in [3.8, 4) is 5.95 Å². The molecule has 1 aliphatic carbocycles. The fourth-order valence-electron chi connectivity index (χ4n) is 2.83. The molecule has 24 heavy (non-hydrogen) atoms. The Morgan fingerprint density at radius 3 is 2.88 bits per heavy atom. The zero-order valence-electron chi connectivity index (χ0n) is 13.7. The highest BCUT2D eigenvalue weighted by molar-refractivity contribution is 7.71. The summed E-state index contributed by atoms with van der Waals surface area (Å²) in [6, 6.07) is 5.92. The van der Waals surface area contributed by atoms with Gasteiger partial charge in [0.25, 0.3) is 5.95 Å². The highest BCUT2D eigenvalue weighted by atomic mass is 32.1. The van der Waals surface area contributed by atoms with Crippen LogP contribution in [-0.4, -0.2) is 30.9 Å². The van der Waals surface area contributed by atoms with Crippen LogP contribution in [0.2, 0.25) is 0 Å². The molecule has 0 aromatic carbocycles. The molecule has 3 aromatic rings. The van der Waals surface area contributed by atoms with E-state index in [0.717, 1.165) is 17.1 Å². The third-order valence-electron chi connectivity index (χ3n) is 4.26. The van der Waals surface area contributed by atoms with Gasteiger partial charge in [-0.2, -0.15) is 14.9 Å². The smallest absolute Gasteiger partial charge is 0.271 e. The molecule has 0 saturated heterocycles. The van der Waals surface area contributed by atoms with Crippen molar-refractivity contribution in [2.45, 2.75) is 33.1 Å². The molecule has 0 aliphatic heterocycles. The summed E-state index contributed by atoms with van der Waals surface area (Å²) in [6.07, 6.45) is 2.84. The first-order valence-corrected chi connectivity index (χ1v) is 8.29. The van der Waals surface area contributed by atoms with Crippen LogP contribution < -0.4 is 0 Å². The van der Waals surface area contributed by atoms with Crippen molar-refractivity contribution in [1.82, 2.24) is 24.7 Å². The van der Waals surface area contributed by atoms with Crippen molar-refractivity contribution in [3.05, 3.63) is 45.9 Å². The monoisotopic (exact) mass is 342 g/mol. The summed E-state index contributed by atoms with van der Waals surface area (Å²) in [5.41, 5.74) is 1.87. The first-order chi connectivity index (χ1) is 11.5. The molecule has 0 spiro atoms. The number of aromatic nitrogens is 5. The van der Waals surface area contributed by atoms with Gasteiger partial charge in [-0.05, 0) is 56.6 Å². The highest BCUT2D eigenvalue weighted by Crippen LogP contribution is 2.47. The fraction of sp³-hybridized carbons (Fsp3) is 0.375. The Morgan fingerprint density at radius 2 is 2.21 bits per heavy atom. The molecule has 1 fully saturated rings. The quantitative estimate of drug-likeness (QED) is 0.583. The zero-order chi connectivity index (χ0) is 16.8. The maximum Gasteiger partial charge on any atom is 0.271 e. The van der Waals surface area contributed by atoms with Gasteiger partial charge in [-0.1, -0.05) is 6.92 Å². The van der Waals surface area contributed by atoms with Crippen molar-refractivity contribution in [2.24, 2.45) is 11.0 Å². The Hall–Kier alpha value is -2.48. The second-order valence-electron chi connectivity index (χ2n) is 6.28. The summed E-state index contributed by atoms with van der Waals surface area (Å²) < 4.78 is 9.48. The molecule has 0 bridgehead atoms. The van der Waals surface area contributed by atoms with E-state index in [0.29, 0.717) is 28.3 Å². The predicted molar refractivity (Wildman–Crippen MR) is 92.2 cm³/mol. The standard InChI is InChI=1S/C16H18N6OS/c1-9-6-13(9)14-5-4-12(23-14)8-17-22-15(18-19-16(22)24)21-11(3)7-10(2)20-21/h4-5,7-9,13H,6H2,1-3H3,(H,19,24)/b17-8-/t9-,13-/m1/s1. The molecular weight excluding hydrogens is 324 g/mol. The lowest BCUT2D eigenvalue weighted by Gasteiger charge is -2.02. The van der Waals surface area contributed by atoms with E-state index in [1.165, 1.54) is 11.1 Å². The summed E-state index contributed by atoms with van der Waals surface area (Å²) in [7, 11) is 0. The van der Waals surface area contributed by atoms with E-state index < -0.39 is 0 Å². The molecule has 1 N–H and O–H groups in total. The Balaban J connectivity index is 1.65. The van der Waals surface area contributed by atoms with E-state index in [1.54, 1.807) is 10.9 Å². The van der Waals surface area contributed by atoms with E-state index in [2.05, 4.69) is 27.3 Å². The summed E-state index contributed by atoms with van der Waals surface area (Å²) >= 11 is 5.27. The van der Waals surface area contributed by atoms with Gasteiger partial charge in [0.2, 0.25) is 4.77 Å². The minimum atomic E-state index is 0.399. The van der Waals surface area contributed by atoms with Crippen molar-refractivity contribution < 1.29 is 4.42 Å². The van der Waals surface area contributed by atoms with E-state index in [9.17, 15) is 0 Å². The van der Waals surface area contributed by atoms with Crippen LogP contribution in [0.3, 0.4) is 0 Å². The number of nitrogens with one attached hydrogen (secondary N) is 1. The third-order valence-corrected chi connectivity index (χ3v) is 4.52. The summed E-state index contributed by atoms with van der Waals surface area (Å²) in [4.78, 5) is 0. The molecule has 3 heterocycles. The van der Waals surface area contributed by atoms with Gasteiger partial charge < -0.3 is 4.42 Å². The van der Waals surface area contributed by atoms with Crippen LogP contribution in [0.15, 0.2) is 27.7 Å². The van der Waals surface area contributed by atoms with Gasteiger partial charge in [0, 0.05) is 11.6 Å². The Labute approximate surface area is 144 Å². The SMILES string of the molecule is Cc1cc(C)n(-c2n[nH]c(=S)n2/N=C\c2ccc([C@@H]3C[C@H]3C)o2)n1. The minimum absolute atomic E-state index is 0.399. The number of aromatic amines is 1. The van der Waals surface area contributed by atoms with Crippen molar-refractivity contribution in [2.75, 3.05) is 0 Å². The van der Waals surface area contributed by atoms with E-state index >= 15 is 0 Å². The van der Waals surface area contributed by atoms with Crippen LogP contribution in [0.5, 0.6) is 0 Å². The Bertz CT molecular complexity index is 975. The topological polar surface area (TPSA) is 76.9 Å². The molecule has 124 valence electrons. The van der Waals surface area contributed by atoms with E-state index in [4.69, 9.17) is 16.6 Å². The normalized spacial score (nSPS) is 20.1. The maximum atomic E-state index is 5.84. The van der Waals surface area contributed by atoms with Gasteiger partial charge >= 0.3 is 0 Å². The summed E-state index contributed by atoms with van der Waals surface area (Å²) in [5.74, 6) is 3.50. The number of H-pyrrole nitrogens is 1. The van der Waals surface area contributed by atoms with Crippen LogP contribution in [0.25, 0.3) is 5.95 Å². The molecule has 3 aromatic heterocycles. The third kappa shape index (κ3) is 2.62. The molecular formula is C16H18N6OS. The molecule has 1 saturated carbocycles. The Kier molecular flexibility index (Phi) is 3.49. The van der Waals surface area contributed by atoms with Gasteiger partial charge in [-0.25, -0.2) is 9.78 Å². The number of aryl methyl sites for hydroxylation is 2. The van der Waals surface area contributed by atoms with Gasteiger partial charge in [-0.15, -0.1) is 5.10 Å². The van der Waals surface area contributed by atoms with Crippen molar-refractivity contribution >= 4 is 18.4 Å². The molecule has 4 rings (SSSR count). The van der Waals surface area contributed by atoms with Crippen LogP contribution in [0.1, 0.15) is 42.2 Å². The van der Waals surface area contributed by atoms with Crippen LogP contribution in [-0.2, 0) is 0 Å². The fourth-order valence-corrected chi connectivity index (χ4v) is 3.00. The number of nitrogens with zero attached hydrogens (tertiary/aromatic N) is 5. The van der Waals surface area contributed by atoms with Gasteiger partial charge in [0.1, 0.15) is 11.5 Å². The zero-order valence-corrected chi connectivity index (χ0v) is 14.5. The largest absolute Gasteiger partial charge is 0.460 e. The van der Waals surface area contributed by atoms with Gasteiger partial charge in [-0.3, -0.25) is 0 Å². The Morgan fingerprint density at radius 1 is 1.42 bits per heavy atom. The first-order valence-electron chi connectivity index (χ1n) is 7.88. The molecule has 1 aliphatic rings. The molecule has 0 unspecified atom stereocenters. The van der Waals surface area contributed by atoms with E-state index in [1.807, 2.05) is 32.0 Å². The number of hydrogen-bond acceptors (Lipinski definition) is 5. The minimum Gasteiger partial charge on any atom is -0.460 e. The summed E-state index contributed by atoms with van der Waals surface area (Å²) in [5, 5.41) is 15.8. The van der Waals surface area contributed by atoms with Gasteiger partial charge in [0.15, 0.2) is 0 Å². The van der Waals surface area contributed by atoms with Crippen molar-refractivity contribution in [3.63, 3.8) is 0 Å². The molecule has 8 heteroatoms. The second-order valence-corrected chi connectivity index (χ2v) is 6.67. The first kappa shape index (κ1) is 15.1. The molecule has 0 amide bonds. The maximum absolute atomic E-state index is 5.84. The van der Waals surface area contributed by atoms with Crippen molar-refractivity contribution in [1.29, 1.82) is 0 Å². The molecule has 0 radical (unpaired) electrons. The molecule has 7 nitrogen and oxygen atoms in total. The van der Waals surface area contributed by atoms with Crippen LogP contribution in [0, 0.1) is 24.5 Å². The average molecular weight is 342 g/mol. The number of hydrogen-bond donors (Lipinski definition) is 1. The van der Waals surface area contributed by atoms with Crippen LogP contribution >= 0.6 is 12.2 Å². The van der Waals surface area contributed by atoms with E-state index in [-0.39, 0.29) is 0 Å². The lowest BCUT2D eigenvalue weighted by molar-refractivity contribution is 0.500. The number of rotatable bonds is 4. The predicted octanol–water partition coefficient (Wildman–Crippen LogP) is 3.34. The lowest BCUT2D eigenvalue weighted by atomic mass is 10.3. The molecule has 2 atom stereocenters. The lowest BCUT2D eigenvalue weighted by Crippen LogP contribution is -2.07. The number of furan rings is 1. The average Bonchev–Trinajstić information content (AvgIpc) is 2.90. The highest BCUT2D eigenvalue weighted by Gasteiger charge is 2.36. The van der Waals surface area contributed by atoms with Crippen LogP contribution in [0.4, 0.5) is 0 Å².